The zero-order valence-corrected chi connectivity index (χ0v) is 12.7. The second kappa shape index (κ2) is 4.59. The van der Waals surface area contributed by atoms with Crippen LogP contribution in [0.5, 0.6) is 0 Å². The first-order chi connectivity index (χ1) is 9.65. The van der Waals surface area contributed by atoms with Crippen molar-refractivity contribution in [3.8, 4) is 0 Å². The van der Waals surface area contributed by atoms with Crippen molar-refractivity contribution in [2.24, 2.45) is 29.4 Å². The van der Waals surface area contributed by atoms with Gasteiger partial charge in [0.05, 0.1) is 11.7 Å². The Kier molecular flexibility index (Phi) is 2.95. The van der Waals surface area contributed by atoms with Crippen LogP contribution in [0.2, 0.25) is 0 Å². The molecule has 1 aromatic rings. The molecule has 0 aromatic carbocycles. The van der Waals surface area contributed by atoms with E-state index in [0.29, 0.717) is 0 Å². The molecule has 4 aliphatic carbocycles. The Morgan fingerprint density at radius 1 is 1.15 bits per heavy atom. The number of nitrogens with one attached hydrogen (secondary N) is 1. The summed E-state index contributed by atoms with van der Waals surface area (Å²) in [5.74, 6) is 5.60. The number of nitrogens with zero attached hydrogens (tertiary/aromatic N) is 1. The van der Waals surface area contributed by atoms with Gasteiger partial charge < -0.3 is 10.7 Å². The summed E-state index contributed by atoms with van der Waals surface area (Å²) in [5.41, 5.74) is 8.80. The summed E-state index contributed by atoms with van der Waals surface area (Å²) in [6.07, 6.45) is 8.30. The Labute approximate surface area is 121 Å². The number of rotatable bonds is 3. The van der Waals surface area contributed by atoms with Crippen LogP contribution in [-0.2, 0) is 0 Å². The minimum Gasteiger partial charge on any atom is -0.345 e. The maximum atomic E-state index is 6.16. The normalized spacial score (nSPS) is 40.2. The molecule has 3 N–H and O–H groups in total. The van der Waals surface area contributed by atoms with Gasteiger partial charge in [-0.1, -0.05) is 6.92 Å². The van der Waals surface area contributed by atoms with Gasteiger partial charge in [-0.25, -0.2) is 4.98 Å². The fraction of sp³-hybridized carbons (Fsp3) is 0.824. The van der Waals surface area contributed by atoms with Gasteiger partial charge in [0.15, 0.2) is 0 Å². The number of aromatic nitrogens is 2. The van der Waals surface area contributed by atoms with Crippen molar-refractivity contribution in [3.05, 3.63) is 17.2 Å². The lowest BCUT2D eigenvalue weighted by atomic mass is 9.51. The maximum absolute atomic E-state index is 6.16. The van der Waals surface area contributed by atoms with Crippen LogP contribution < -0.4 is 5.73 Å². The first-order valence-electron chi connectivity index (χ1n) is 8.47. The van der Waals surface area contributed by atoms with E-state index in [1.54, 1.807) is 0 Å². The number of hydrogen-bond acceptors (Lipinski definition) is 2. The number of H-pyrrole nitrogens is 1. The molecule has 0 amide bonds. The highest BCUT2D eigenvalue weighted by molar-refractivity contribution is 5.23. The van der Waals surface area contributed by atoms with Gasteiger partial charge in [-0.15, -0.1) is 0 Å². The molecule has 0 aliphatic heterocycles. The molecule has 0 saturated heterocycles. The first-order valence-corrected chi connectivity index (χ1v) is 8.47. The molecule has 1 aromatic heterocycles. The third-order valence-electron chi connectivity index (χ3n) is 6.27. The average molecular weight is 273 g/mol. The van der Waals surface area contributed by atoms with Crippen LogP contribution in [0.4, 0.5) is 0 Å². The minimum absolute atomic E-state index is 0.0688. The lowest BCUT2D eigenvalue weighted by molar-refractivity contribution is -0.00427. The molecule has 4 bridgehead atoms. The van der Waals surface area contributed by atoms with Crippen LogP contribution in [0.25, 0.3) is 0 Å². The molecule has 20 heavy (non-hydrogen) atoms. The predicted molar refractivity (Wildman–Crippen MR) is 80.3 cm³/mol. The van der Waals surface area contributed by atoms with E-state index in [0.717, 1.165) is 41.8 Å². The van der Waals surface area contributed by atoms with Crippen molar-refractivity contribution in [2.75, 3.05) is 0 Å². The second-order valence-corrected chi connectivity index (χ2v) is 7.60. The Morgan fingerprint density at radius 3 is 2.30 bits per heavy atom. The van der Waals surface area contributed by atoms with E-state index in [-0.39, 0.29) is 6.04 Å². The van der Waals surface area contributed by atoms with Crippen molar-refractivity contribution < 1.29 is 0 Å². The van der Waals surface area contributed by atoms with E-state index in [1.807, 2.05) is 0 Å². The number of imidazole rings is 1. The zero-order valence-electron chi connectivity index (χ0n) is 12.7. The highest BCUT2D eigenvalue weighted by Gasteiger charge is 2.49. The lowest BCUT2D eigenvalue weighted by Gasteiger charge is -2.54. The molecule has 4 aliphatic rings. The third-order valence-corrected chi connectivity index (χ3v) is 6.27. The number of nitrogens with two attached hydrogens (primary N) is 1. The summed E-state index contributed by atoms with van der Waals surface area (Å²) in [7, 11) is 0. The summed E-state index contributed by atoms with van der Waals surface area (Å²) in [6, 6.07) is 0.0688. The molecule has 1 unspecified atom stereocenters. The highest BCUT2D eigenvalue weighted by Crippen LogP contribution is 2.59. The second-order valence-electron chi connectivity index (χ2n) is 7.60. The molecule has 0 radical (unpaired) electrons. The van der Waals surface area contributed by atoms with E-state index < -0.39 is 0 Å². The number of aromatic amines is 1. The largest absolute Gasteiger partial charge is 0.345 e. The van der Waals surface area contributed by atoms with Gasteiger partial charge >= 0.3 is 0 Å². The number of aryl methyl sites for hydroxylation is 1. The third kappa shape index (κ3) is 1.86. The van der Waals surface area contributed by atoms with E-state index in [2.05, 4.69) is 18.8 Å². The van der Waals surface area contributed by atoms with Crippen molar-refractivity contribution in [3.63, 3.8) is 0 Å². The molecule has 5 rings (SSSR count). The van der Waals surface area contributed by atoms with Gasteiger partial charge in [-0.3, -0.25) is 0 Å². The van der Waals surface area contributed by atoms with Crippen molar-refractivity contribution >= 4 is 0 Å². The Balaban J connectivity index is 1.66. The van der Waals surface area contributed by atoms with Crippen molar-refractivity contribution in [1.29, 1.82) is 0 Å². The van der Waals surface area contributed by atoms with Crippen LogP contribution in [0.1, 0.15) is 74.6 Å². The topological polar surface area (TPSA) is 54.7 Å². The minimum atomic E-state index is 0.0688. The molecular formula is C17H27N3. The maximum Gasteiger partial charge on any atom is 0.123 e. The predicted octanol–water partition coefficient (Wildman–Crippen LogP) is 3.67. The molecule has 4 fully saturated rings. The fourth-order valence-corrected chi connectivity index (χ4v) is 5.56. The van der Waals surface area contributed by atoms with E-state index in [9.17, 15) is 0 Å². The van der Waals surface area contributed by atoms with Gasteiger partial charge in [-0.05, 0) is 69.1 Å². The lowest BCUT2D eigenvalue weighted by Crippen LogP contribution is -2.44. The van der Waals surface area contributed by atoms with E-state index in [1.165, 1.54) is 43.5 Å². The van der Waals surface area contributed by atoms with Crippen LogP contribution in [-0.4, -0.2) is 9.97 Å². The molecule has 110 valence electrons. The van der Waals surface area contributed by atoms with Crippen LogP contribution in [0.3, 0.4) is 0 Å². The molecular weight excluding hydrogens is 246 g/mol. The SMILES string of the molecule is CCC(N)c1nc(C2C3CC4CC(C3)CC2C4)c(C)[nH]1. The first kappa shape index (κ1) is 12.9. The molecule has 4 saturated carbocycles. The van der Waals surface area contributed by atoms with Gasteiger partial charge in [-0.2, -0.15) is 0 Å². The van der Waals surface area contributed by atoms with Gasteiger partial charge in [0.1, 0.15) is 5.82 Å². The van der Waals surface area contributed by atoms with Crippen LogP contribution >= 0.6 is 0 Å². The fourth-order valence-electron chi connectivity index (χ4n) is 5.56. The Hall–Kier alpha value is -0.830. The monoisotopic (exact) mass is 273 g/mol. The Bertz CT molecular complexity index is 476. The zero-order chi connectivity index (χ0) is 13.9. The molecule has 3 heteroatoms. The average Bonchev–Trinajstić information content (AvgIpc) is 2.79. The van der Waals surface area contributed by atoms with Crippen molar-refractivity contribution in [2.45, 2.75) is 64.3 Å². The molecule has 0 spiro atoms. The highest BCUT2D eigenvalue weighted by atomic mass is 15.0. The molecule has 3 nitrogen and oxygen atoms in total. The summed E-state index contributed by atoms with van der Waals surface area (Å²) in [5, 5.41) is 0. The summed E-state index contributed by atoms with van der Waals surface area (Å²) >= 11 is 0. The summed E-state index contributed by atoms with van der Waals surface area (Å²) in [6.45, 7) is 4.32. The smallest absolute Gasteiger partial charge is 0.123 e. The van der Waals surface area contributed by atoms with Crippen LogP contribution in [0, 0.1) is 30.6 Å². The van der Waals surface area contributed by atoms with E-state index in [4.69, 9.17) is 10.7 Å². The van der Waals surface area contributed by atoms with Gasteiger partial charge in [0.2, 0.25) is 0 Å². The van der Waals surface area contributed by atoms with Crippen molar-refractivity contribution in [1.82, 2.24) is 9.97 Å². The standard InChI is InChI=1S/C17H27N3/c1-3-14(18)17-19-9(2)16(20-17)15-12-5-10-4-11(7-12)8-13(15)6-10/h10-15H,3-8,18H2,1-2H3,(H,19,20). The van der Waals surface area contributed by atoms with E-state index >= 15 is 0 Å². The summed E-state index contributed by atoms with van der Waals surface area (Å²) in [4.78, 5) is 8.41. The quantitative estimate of drug-likeness (QED) is 0.883. The Morgan fingerprint density at radius 2 is 1.75 bits per heavy atom. The van der Waals surface area contributed by atoms with Crippen LogP contribution in [0.15, 0.2) is 0 Å². The summed E-state index contributed by atoms with van der Waals surface area (Å²) < 4.78 is 0. The van der Waals surface area contributed by atoms with Gasteiger partial charge in [0, 0.05) is 11.6 Å². The molecule has 1 heterocycles. The number of hydrogen-bond donors (Lipinski definition) is 2. The van der Waals surface area contributed by atoms with Gasteiger partial charge in [0.25, 0.3) is 0 Å². The molecule has 1 atom stereocenters.